The van der Waals surface area contributed by atoms with Gasteiger partial charge in [-0.25, -0.2) is 9.78 Å². The normalized spacial score (nSPS) is 15.8. The van der Waals surface area contributed by atoms with Crippen LogP contribution in [0.3, 0.4) is 0 Å². The highest BCUT2D eigenvalue weighted by atomic mass is 35.5. The average molecular weight is 423 g/mol. The van der Waals surface area contributed by atoms with Gasteiger partial charge in [0.2, 0.25) is 0 Å². The third kappa shape index (κ3) is 3.38. The molecule has 0 bridgehead atoms. The monoisotopic (exact) mass is 422 g/mol. The predicted octanol–water partition coefficient (Wildman–Crippen LogP) is 3.82. The predicted molar refractivity (Wildman–Crippen MR) is 121 cm³/mol. The van der Waals surface area contributed by atoms with E-state index in [0.29, 0.717) is 0 Å². The third-order valence-corrected chi connectivity index (χ3v) is 5.58. The van der Waals surface area contributed by atoms with Crippen molar-refractivity contribution in [3.63, 3.8) is 0 Å². The first-order chi connectivity index (χ1) is 14.3. The molecule has 0 saturated carbocycles. The summed E-state index contributed by atoms with van der Waals surface area (Å²) in [6, 6.07) is 20.0. The van der Waals surface area contributed by atoms with Gasteiger partial charge in [0.05, 0.1) is 24.4 Å². The third-order valence-electron chi connectivity index (χ3n) is 5.58. The van der Waals surface area contributed by atoms with Crippen molar-refractivity contribution in [1.82, 2.24) is 19.4 Å². The van der Waals surface area contributed by atoms with Gasteiger partial charge >= 0.3 is 5.69 Å². The highest BCUT2D eigenvalue weighted by molar-refractivity contribution is 5.85. The standard InChI is InChI=1S/C23H22N4O2.ClH/c1-29-20-10-6-17(7-11-20)16-4-8-18(9-5-16)26-21-3-2-13-25-22(21)27(23(26)28)19-12-14-24-15-19;/h2-11,13,19,24H,12,14-15H2,1H3;1H/t19-;/m0./s1. The molecule has 7 heteroatoms. The summed E-state index contributed by atoms with van der Waals surface area (Å²) >= 11 is 0. The first-order valence-corrected chi connectivity index (χ1v) is 9.80. The molecule has 6 nitrogen and oxygen atoms in total. The molecule has 30 heavy (non-hydrogen) atoms. The SMILES string of the molecule is COc1ccc(-c2ccc(-n3c(=O)n([C@H]4CCNC4)c4ncccc43)cc2)cc1.Cl. The molecule has 4 aromatic rings. The molecular formula is C23H23ClN4O2. The lowest BCUT2D eigenvalue weighted by Gasteiger charge is -2.09. The Labute approximate surface area is 180 Å². The molecule has 1 saturated heterocycles. The van der Waals surface area contributed by atoms with Crippen LogP contribution < -0.4 is 15.7 Å². The number of nitrogens with zero attached hydrogens (tertiary/aromatic N) is 3. The summed E-state index contributed by atoms with van der Waals surface area (Å²) in [6.45, 7) is 1.72. The van der Waals surface area contributed by atoms with E-state index >= 15 is 0 Å². The number of hydrogen-bond donors (Lipinski definition) is 1. The molecule has 0 aliphatic carbocycles. The summed E-state index contributed by atoms with van der Waals surface area (Å²) in [5.41, 5.74) is 4.57. The Morgan fingerprint density at radius 2 is 1.73 bits per heavy atom. The highest BCUT2D eigenvalue weighted by Crippen LogP contribution is 2.25. The zero-order valence-electron chi connectivity index (χ0n) is 16.6. The van der Waals surface area contributed by atoms with Gasteiger partial charge in [0.1, 0.15) is 5.75 Å². The lowest BCUT2D eigenvalue weighted by molar-refractivity contribution is 0.415. The Kier molecular flexibility index (Phi) is 5.61. The lowest BCUT2D eigenvalue weighted by atomic mass is 10.1. The van der Waals surface area contributed by atoms with E-state index in [1.54, 1.807) is 17.9 Å². The smallest absolute Gasteiger partial charge is 0.335 e. The minimum absolute atomic E-state index is 0. The molecule has 1 aliphatic rings. The molecule has 0 amide bonds. The fourth-order valence-corrected chi connectivity index (χ4v) is 4.07. The Morgan fingerprint density at radius 3 is 2.37 bits per heavy atom. The van der Waals surface area contributed by atoms with Crippen molar-refractivity contribution in [2.24, 2.45) is 0 Å². The number of pyridine rings is 1. The van der Waals surface area contributed by atoms with Gasteiger partial charge in [-0.2, -0.15) is 0 Å². The molecule has 2 aromatic carbocycles. The second-order valence-electron chi connectivity index (χ2n) is 7.26. The van der Waals surface area contributed by atoms with Gasteiger partial charge in [-0.15, -0.1) is 12.4 Å². The van der Waals surface area contributed by atoms with E-state index in [1.807, 2.05) is 65.2 Å². The van der Waals surface area contributed by atoms with Crippen LogP contribution in [0.2, 0.25) is 0 Å². The fourth-order valence-electron chi connectivity index (χ4n) is 4.07. The summed E-state index contributed by atoms with van der Waals surface area (Å²) in [4.78, 5) is 17.9. The Hall–Kier alpha value is -3.09. The van der Waals surface area contributed by atoms with Crippen LogP contribution in [0.25, 0.3) is 28.0 Å². The van der Waals surface area contributed by atoms with Crippen LogP contribution in [-0.2, 0) is 0 Å². The lowest BCUT2D eigenvalue weighted by Crippen LogP contribution is -2.28. The Morgan fingerprint density at radius 1 is 1.03 bits per heavy atom. The molecular weight excluding hydrogens is 400 g/mol. The largest absolute Gasteiger partial charge is 0.497 e. The number of hydrogen-bond acceptors (Lipinski definition) is 4. The zero-order chi connectivity index (χ0) is 19.8. The quantitative estimate of drug-likeness (QED) is 0.543. The van der Waals surface area contributed by atoms with Crippen molar-refractivity contribution in [1.29, 1.82) is 0 Å². The van der Waals surface area contributed by atoms with Crippen LogP contribution in [0.5, 0.6) is 5.75 Å². The summed E-state index contributed by atoms with van der Waals surface area (Å²) < 4.78 is 8.83. The molecule has 1 atom stereocenters. The van der Waals surface area contributed by atoms with E-state index in [9.17, 15) is 4.79 Å². The van der Waals surface area contributed by atoms with Gasteiger partial charge in [-0.1, -0.05) is 24.3 Å². The summed E-state index contributed by atoms with van der Waals surface area (Å²) in [5, 5.41) is 3.34. The minimum Gasteiger partial charge on any atom is -0.497 e. The number of fused-ring (bicyclic) bond motifs is 1. The van der Waals surface area contributed by atoms with E-state index in [4.69, 9.17) is 4.74 Å². The van der Waals surface area contributed by atoms with Crippen LogP contribution >= 0.6 is 12.4 Å². The fraction of sp³-hybridized carbons (Fsp3) is 0.217. The molecule has 5 rings (SSSR count). The maximum atomic E-state index is 13.3. The van der Waals surface area contributed by atoms with Crippen molar-refractivity contribution < 1.29 is 4.74 Å². The molecule has 1 aliphatic heterocycles. The van der Waals surface area contributed by atoms with Crippen molar-refractivity contribution in [3.8, 4) is 22.6 Å². The molecule has 3 heterocycles. The number of nitrogens with one attached hydrogen (secondary N) is 1. The maximum Gasteiger partial charge on any atom is 0.335 e. The van der Waals surface area contributed by atoms with Gasteiger partial charge in [-0.05, 0) is 60.5 Å². The van der Waals surface area contributed by atoms with E-state index < -0.39 is 0 Å². The van der Waals surface area contributed by atoms with Crippen molar-refractivity contribution in [2.75, 3.05) is 20.2 Å². The van der Waals surface area contributed by atoms with Crippen molar-refractivity contribution in [2.45, 2.75) is 12.5 Å². The topological polar surface area (TPSA) is 61.1 Å². The van der Waals surface area contributed by atoms with Crippen molar-refractivity contribution in [3.05, 3.63) is 77.3 Å². The minimum atomic E-state index is -0.0374. The Balaban J connectivity index is 0.00000218. The first-order valence-electron chi connectivity index (χ1n) is 9.80. The summed E-state index contributed by atoms with van der Waals surface area (Å²) in [6.07, 6.45) is 2.68. The number of aromatic nitrogens is 3. The van der Waals surface area contributed by atoms with Crippen molar-refractivity contribution >= 4 is 23.6 Å². The number of halogens is 1. The van der Waals surface area contributed by atoms with E-state index in [2.05, 4.69) is 10.3 Å². The maximum absolute atomic E-state index is 13.3. The van der Waals surface area contributed by atoms with Crippen LogP contribution in [-0.4, -0.2) is 34.3 Å². The van der Waals surface area contributed by atoms with Crippen LogP contribution in [0.4, 0.5) is 0 Å². The van der Waals surface area contributed by atoms with Crippen LogP contribution in [0.15, 0.2) is 71.7 Å². The van der Waals surface area contributed by atoms with Crippen LogP contribution in [0.1, 0.15) is 12.5 Å². The molecule has 154 valence electrons. The van der Waals surface area contributed by atoms with Gasteiger partial charge in [0, 0.05) is 12.7 Å². The molecule has 0 unspecified atom stereocenters. The van der Waals surface area contributed by atoms with E-state index in [0.717, 1.165) is 53.2 Å². The van der Waals surface area contributed by atoms with E-state index in [-0.39, 0.29) is 24.1 Å². The highest BCUT2D eigenvalue weighted by Gasteiger charge is 2.24. The van der Waals surface area contributed by atoms with Gasteiger partial charge in [0.25, 0.3) is 0 Å². The van der Waals surface area contributed by atoms with Gasteiger partial charge in [-0.3, -0.25) is 9.13 Å². The number of benzene rings is 2. The molecule has 1 fully saturated rings. The zero-order valence-corrected chi connectivity index (χ0v) is 17.4. The van der Waals surface area contributed by atoms with E-state index in [1.165, 1.54) is 0 Å². The van der Waals surface area contributed by atoms with Crippen LogP contribution in [0, 0.1) is 0 Å². The summed E-state index contributed by atoms with van der Waals surface area (Å²) in [7, 11) is 1.66. The second-order valence-corrected chi connectivity index (χ2v) is 7.26. The number of rotatable bonds is 4. The molecule has 2 aromatic heterocycles. The van der Waals surface area contributed by atoms with Gasteiger partial charge in [0.15, 0.2) is 5.65 Å². The number of imidazole rings is 1. The molecule has 0 radical (unpaired) electrons. The summed E-state index contributed by atoms with van der Waals surface area (Å²) in [5.74, 6) is 0.832. The molecule has 0 spiro atoms. The van der Waals surface area contributed by atoms with Gasteiger partial charge < -0.3 is 10.1 Å². The number of methoxy groups -OCH3 is 1. The molecule has 1 N–H and O–H groups in total. The first kappa shape index (κ1) is 20.2. The Bertz CT molecular complexity index is 1210. The second kappa shape index (κ2) is 8.34. The average Bonchev–Trinajstić information content (AvgIpc) is 3.39. The number of ether oxygens (including phenoxy) is 1.